The first-order valence-corrected chi connectivity index (χ1v) is 8.24. The van der Waals surface area contributed by atoms with Gasteiger partial charge in [0.1, 0.15) is 5.60 Å². The number of hydrogen-bond donors (Lipinski definition) is 2. The van der Waals surface area contributed by atoms with Crippen LogP contribution in [-0.2, 0) is 4.74 Å². The van der Waals surface area contributed by atoms with E-state index in [9.17, 15) is 9.59 Å². The van der Waals surface area contributed by atoms with E-state index in [2.05, 4.69) is 10.6 Å². The predicted molar refractivity (Wildman–Crippen MR) is 90.6 cm³/mol. The summed E-state index contributed by atoms with van der Waals surface area (Å²) in [6.07, 6.45) is 5.16. The minimum Gasteiger partial charge on any atom is -0.444 e. The zero-order valence-corrected chi connectivity index (χ0v) is 14.1. The molecule has 1 saturated carbocycles. The van der Waals surface area contributed by atoms with Gasteiger partial charge in [-0.3, -0.25) is 10.1 Å². The molecule has 0 aliphatic heterocycles. The fraction of sp³-hybridized carbons (Fsp3) is 0.556. The molecule has 2 N–H and O–H groups in total. The van der Waals surface area contributed by atoms with Crippen LogP contribution in [-0.4, -0.2) is 23.6 Å². The van der Waals surface area contributed by atoms with E-state index in [-0.39, 0.29) is 11.9 Å². The standard InChI is InChI=1S/C18H26N2O3/c1-18(2,3)23-17(22)20-15-11-7-8-13(12-15)16(21)19-14-9-5-4-6-10-14/h7-8,11-12,14H,4-6,9-10H2,1-3H3,(H,19,21)(H,20,22). The summed E-state index contributed by atoms with van der Waals surface area (Å²) >= 11 is 0. The van der Waals surface area contributed by atoms with Gasteiger partial charge in [-0.25, -0.2) is 4.79 Å². The topological polar surface area (TPSA) is 67.4 Å². The second-order valence-electron chi connectivity index (χ2n) is 7.02. The first-order chi connectivity index (χ1) is 10.8. The Hall–Kier alpha value is -2.04. The molecule has 2 amide bonds. The number of amides is 2. The van der Waals surface area contributed by atoms with Gasteiger partial charge in [0.25, 0.3) is 5.91 Å². The van der Waals surface area contributed by atoms with Gasteiger partial charge in [-0.05, 0) is 51.8 Å². The molecule has 0 heterocycles. The summed E-state index contributed by atoms with van der Waals surface area (Å²) < 4.78 is 5.21. The van der Waals surface area contributed by atoms with Gasteiger partial charge < -0.3 is 10.1 Å². The van der Waals surface area contributed by atoms with Crippen molar-refractivity contribution in [2.45, 2.75) is 64.5 Å². The number of benzene rings is 1. The summed E-state index contributed by atoms with van der Waals surface area (Å²) in [6, 6.07) is 7.17. The van der Waals surface area contributed by atoms with Gasteiger partial charge in [-0.1, -0.05) is 25.3 Å². The maximum atomic E-state index is 12.3. The Labute approximate surface area is 137 Å². The molecule has 0 bridgehead atoms. The van der Waals surface area contributed by atoms with Crippen molar-refractivity contribution < 1.29 is 14.3 Å². The van der Waals surface area contributed by atoms with Crippen LogP contribution in [0.3, 0.4) is 0 Å². The van der Waals surface area contributed by atoms with Crippen LogP contribution in [0.15, 0.2) is 24.3 Å². The van der Waals surface area contributed by atoms with Crippen molar-refractivity contribution in [1.82, 2.24) is 5.32 Å². The van der Waals surface area contributed by atoms with Crippen LogP contribution in [0.25, 0.3) is 0 Å². The van der Waals surface area contributed by atoms with Gasteiger partial charge in [-0.2, -0.15) is 0 Å². The minimum absolute atomic E-state index is 0.0928. The molecule has 0 saturated heterocycles. The number of carbonyl (C=O) groups excluding carboxylic acids is 2. The summed E-state index contributed by atoms with van der Waals surface area (Å²) in [7, 11) is 0. The van der Waals surface area contributed by atoms with E-state index in [0.29, 0.717) is 11.3 Å². The number of rotatable bonds is 3. The molecule has 0 unspecified atom stereocenters. The fourth-order valence-electron chi connectivity index (χ4n) is 2.68. The molecule has 1 aliphatic carbocycles. The number of nitrogens with one attached hydrogen (secondary N) is 2. The largest absolute Gasteiger partial charge is 0.444 e. The predicted octanol–water partition coefficient (Wildman–Crippen LogP) is 4.10. The van der Waals surface area contributed by atoms with Crippen LogP contribution in [0.5, 0.6) is 0 Å². The summed E-state index contributed by atoms with van der Waals surface area (Å²) in [5, 5.41) is 5.73. The fourth-order valence-corrected chi connectivity index (χ4v) is 2.68. The summed E-state index contributed by atoms with van der Waals surface area (Å²) in [5.41, 5.74) is 0.541. The molecule has 126 valence electrons. The van der Waals surface area contributed by atoms with E-state index in [1.165, 1.54) is 19.3 Å². The highest BCUT2D eigenvalue weighted by molar-refractivity contribution is 5.96. The van der Waals surface area contributed by atoms with Gasteiger partial charge in [-0.15, -0.1) is 0 Å². The lowest BCUT2D eigenvalue weighted by molar-refractivity contribution is 0.0635. The molecular formula is C18H26N2O3. The average molecular weight is 318 g/mol. The van der Waals surface area contributed by atoms with Crippen molar-refractivity contribution in [3.05, 3.63) is 29.8 Å². The molecule has 0 radical (unpaired) electrons. The summed E-state index contributed by atoms with van der Waals surface area (Å²) in [4.78, 5) is 24.1. The number of anilines is 1. The van der Waals surface area contributed by atoms with Gasteiger partial charge in [0.05, 0.1) is 0 Å². The van der Waals surface area contributed by atoms with E-state index < -0.39 is 11.7 Å². The van der Waals surface area contributed by atoms with Crippen molar-refractivity contribution >= 4 is 17.7 Å². The van der Waals surface area contributed by atoms with Gasteiger partial charge in [0.2, 0.25) is 0 Å². The third kappa shape index (κ3) is 5.93. The van der Waals surface area contributed by atoms with Crippen LogP contribution in [0.4, 0.5) is 10.5 Å². The second kappa shape index (κ2) is 7.49. The molecule has 23 heavy (non-hydrogen) atoms. The van der Waals surface area contributed by atoms with Crippen LogP contribution in [0, 0.1) is 0 Å². The van der Waals surface area contributed by atoms with Crippen LogP contribution >= 0.6 is 0 Å². The molecule has 1 aromatic rings. The van der Waals surface area contributed by atoms with Crippen molar-refractivity contribution in [2.75, 3.05) is 5.32 Å². The highest BCUT2D eigenvalue weighted by Gasteiger charge is 2.18. The van der Waals surface area contributed by atoms with Crippen molar-refractivity contribution in [1.29, 1.82) is 0 Å². The molecule has 0 atom stereocenters. The lowest BCUT2D eigenvalue weighted by Gasteiger charge is -2.23. The molecule has 2 rings (SSSR count). The first-order valence-electron chi connectivity index (χ1n) is 8.24. The zero-order chi connectivity index (χ0) is 16.9. The maximum Gasteiger partial charge on any atom is 0.412 e. The van der Waals surface area contributed by atoms with Crippen LogP contribution in [0.1, 0.15) is 63.2 Å². The third-order valence-electron chi connectivity index (χ3n) is 3.71. The van der Waals surface area contributed by atoms with Crippen LogP contribution < -0.4 is 10.6 Å². The lowest BCUT2D eigenvalue weighted by atomic mass is 9.95. The van der Waals surface area contributed by atoms with E-state index in [1.807, 2.05) is 0 Å². The first kappa shape index (κ1) is 17.3. The molecule has 1 fully saturated rings. The third-order valence-corrected chi connectivity index (χ3v) is 3.71. The molecule has 0 aromatic heterocycles. The van der Waals surface area contributed by atoms with Gasteiger partial charge in [0, 0.05) is 17.3 Å². The number of ether oxygens (including phenoxy) is 1. The van der Waals surface area contributed by atoms with E-state index in [4.69, 9.17) is 4.74 Å². The van der Waals surface area contributed by atoms with Gasteiger partial charge in [0.15, 0.2) is 0 Å². The van der Waals surface area contributed by atoms with E-state index in [0.717, 1.165) is 12.8 Å². The van der Waals surface area contributed by atoms with Gasteiger partial charge >= 0.3 is 6.09 Å². The van der Waals surface area contributed by atoms with Crippen molar-refractivity contribution in [3.63, 3.8) is 0 Å². The SMILES string of the molecule is CC(C)(C)OC(=O)Nc1cccc(C(=O)NC2CCCCC2)c1. The zero-order valence-electron chi connectivity index (χ0n) is 14.1. The molecule has 1 aliphatic rings. The number of carbonyl (C=O) groups is 2. The summed E-state index contributed by atoms with van der Waals surface area (Å²) in [5.74, 6) is -0.0928. The Morgan fingerprint density at radius 3 is 2.48 bits per heavy atom. The molecule has 5 heteroatoms. The normalized spacial score (nSPS) is 15.8. The minimum atomic E-state index is -0.556. The summed E-state index contributed by atoms with van der Waals surface area (Å²) in [6.45, 7) is 5.42. The Bertz CT molecular complexity index is 558. The lowest BCUT2D eigenvalue weighted by Crippen LogP contribution is -2.36. The highest BCUT2D eigenvalue weighted by atomic mass is 16.6. The molecule has 5 nitrogen and oxygen atoms in total. The Morgan fingerprint density at radius 2 is 1.83 bits per heavy atom. The highest BCUT2D eigenvalue weighted by Crippen LogP contribution is 2.19. The average Bonchev–Trinajstić information content (AvgIpc) is 2.46. The maximum absolute atomic E-state index is 12.3. The quantitative estimate of drug-likeness (QED) is 0.882. The smallest absolute Gasteiger partial charge is 0.412 e. The molecule has 0 spiro atoms. The Morgan fingerprint density at radius 1 is 1.13 bits per heavy atom. The van der Waals surface area contributed by atoms with E-state index in [1.54, 1.807) is 45.0 Å². The molecular weight excluding hydrogens is 292 g/mol. The van der Waals surface area contributed by atoms with Crippen LogP contribution in [0.2, 0.25) is 0 Å². The van der Waals surface area contributed by atoms with Crippen molar-refractivity contribution in [2.24, 2.45) is 0 Å². The van der Waals surface area contributed by atoms with E-state index >= 15 is 0 Å². The monoisotopic (exact) mass is 318 g/mol. The van der Waals surface area contributed by atoms with Crippen molar-refractivity contribution in [3.8, 4) is 0 Å². The number of hydrogen-bond acceptors (Lipinski definition) is 3. The second-order valence-corrected chi connectivity index (χ2v) is 7.02. The molecule has 1 aromatic carbocycles. The Kier molecular flexibility index (Phi) is 5.64. The Balaban J connectivity index is 1.95.